The summed E-state index contributed by atoms with van der Waals surface area (Å²) in [7, 11) is 0. The topological polar surface area (TPSA) is 92.5 Å². The fourth-order valence-corrected chi connectivity index (χ4v) is 1.45. The molecule has 0 radical (unpaired) electrons. The lowest BCUT2D eigenvalue weighted by Gasteiger charge is -2.12. The van der Waals surface area contributed by atoms with Gasteiger partial charge in [-0.3, -0.25) is 10.1 Å². The molecule has 0 aliphatic carbocycles. The minimum Gasteiger partial charge on any atom is -0.477 e. The number of carboxylic acid groups (broad SMARTS) is 1. The second-order valence-electron chi connectivity index (χ2n) is 4.31. The van der Waals surface area contributed by atoms with Crippen LogP contribution in [0.25, 0.3) is 0 Å². The number of rotatable bonds is 6. The van der Waals surface area contributed by atoms with Gasteiger partial charge in [0, 0.05) is 6.54 Å². The molecule has 0 amide bonds. The fourth-order valence-electron chi connectivity index (χ4n) is 1.45. The zero-order chi connectivity index (χ0) is 14.6. The number of nitrogens with zero attached hydrogens (tertiary/aromatic N) is 1. The molecule has 2 N–H and O–H groups in total. The molecule has 6 nitrogen and oxygen atoms in total. The lowest BCUT2D eigenvalue weighted by molar-refractivity contribution is -0.385. The van der Waals surface area contributed by atoms with E-state index in [1.54, 1.807) is 0 Å². The van der Waals surface area contributed by atoms with E-state index in [-0.39, 0.29) is 11.6 Å². The zero-order valence-electron chi connectivity index (χ0n) is 10.6. The third-order valence-corrected chi connectivity index (χ3v) is 2.85. The van der Waals surface area contributed by atoms with Crippen molar-refractivity contribution in [1.29, 1.82) is 0 Å². The van der Waals surface area contributed by atoms with E-state index in [4.69, 9.17) is 5.11 Å². The Morgan fingerprint density at radius 1 is 1.58 bits per heavy atom. The van der Waals surface area contributed by atoms with Crippen LogP contribution < -0.4 is 5.32 Å². The molecule has 19 heavy (non-hydrogen) atoms. The molecule has 0 fully saturated rings. The van der Waals surface area contributed by atoms with Gasteiger partial charge >= 0.3 is 5.97 Å². The molecule has 1 rings (SSSR count). The van der Waals surface area contributed by atoms with Crippen molar-refractivity contribution in [1.82, 2.24) is 0 Å². The Hall–Kier alpha value is -2.18. The third-order valence-electron chi connectivity index (χ3n) is 2.85. The number of benzene rings is 1. The van der Waals surface area contributed by atoms with Crippen LogP contribution >= 0.6 is 0 Å². The average molecular weight is 270 g/mol. The van der Waals surface area contributed by atoms with Crippen molar-refractivity contribution in [3.8, 4) is 0 Å². The second-order valence-corrected chi connectivity index (χ2v) is 4.31. The molecule has 0 bridgehead atoms. The van der Waals surface area contributed by atoms with E-state index in [1.807, 2.05) is 13.8 Å². The molecule has 104 valence electrons. The molecule has 1 aromatic rings. The number of carboxylic acids is 1. The number of anilines is 1. The highest BCUT2D eigenvalue weighted by molar-refractivity contribution is 5.93. The summed E-state index contributed by atoms with van der Waals surface area (Å²) in [5.41, 5.74) is -1.32. The Kier molecular flexibility index (Phi) is 4.80. The first-order valence-corrected chi connectivity index (χ1v) is 5.81. The van der Waals surface area contributed by atoms with E-state index in [0.717, 1.165) is 12.5 Å². The molecule has 0 aromatic heterocycles. The van der Waals surface area contributed by atoms with Gasteiger partial charge in [0.2, 0.25) is 0 Å². The Labute approximate surface area is 109 Å². The molecule has 7 heteroatoms. The molecule has 1 unspecified atom stereocenters. The molecule has 0 spiro atoms. The van der Waals surface area contributed by atoms with E-state index >= 15 is 0 Å². The number of nitrogens with one attached hydrogen (secondary N) is 1. The number of carbonyl (C=O) groups is 1. The maximum atomic E-state index is 13.6. The van der Waals surface area contributed by atoms with Gasteiger partial charge in [-0.15, -0.1) is 0 Å². The lowest BCUT2D eigenvalue weighted by atomic mass is 10.1. The van der Waals surface area contributed by atoms with E-state index in [2.05, 4.69) is 5.32 Å². The monoisotopic (exact) mass is 270 g/mol. The normalized spacial score (nSPS) is 11.9. The highest BCUT2D eigenvalue weighted by Gasteiger charge is 2.23. The highest BCUT2D eigenvalue weighted by atomic mass is 19.1. The number of nitro benzene ring substituents is 1. The predicted molar refractivity (Wildman–Crippen MR) is 68.0 cm³/mol. The number of nitro groups is 1. The van der Waals surface area contributed by atoms with Gasteiger partial charge in [0.1, 0.15) is 5.56 Å². The molecule has 0 aliphatic rings. The van der Waals surface area contributed by atoms with E-state index in [9.17, 15) is 19.3 Å². The average Bonchev–Trinajstić information content (AvgIpc) is 2.35. The molecular weight excluding hydrogens is 255 g/mol. The van der Waals surface area contributed by atoms with Crippen molar-refractivity contribution in [2.45, 2.75) is 20.3 Å². The van der Waals surface area contributed by atoms with Gasteiger partial charge in [-0.25, -0.2) is 9.18 Å². The molecule has 1 atom stereocenters. The van der Waals surface area contributed by atoms with E-state index in [1.165, 1.54) is 0 Å². The first kappa shape index (κ1) is 14.9. The third kappa shape index (κ3) is 3.64. The Balaban J connectivity index is 3.10. The van der Waals surface area contributed by atoms with Gasteiger partial charge in [-0.2, -0.15) is 0 Å². The van der Waals surface area contributed by atoms with Crippen LogP contribution in [0.4, 0.5) is 15.8 Å². The molecule has 1 aromatic carbocycles. The summed E-state index contributed by atoms with van der Waals surface area (Å²) < 4.78 is 13.6. The Morgan fingerprint density at radius 3 is 2.68 bits per heavy atom. The van der Waals surface area contributed by atoms with Crippen molar-refractivity contribution in [2.24, 2.45) is 5.92 Å². The molecule has 0 heterocycles. The summed E-state index contributed by atoms with van der Waals surface area (Å²) >= 11 is 0. The fraction of sp³-hybridized carbons (Fsp3) is 0.417. The van der Waals surface area contributed by atoms with Gasteiger partial charge in [0.25, 0.3) is 5.69 Å². The minimum atomic E-state index is -1.46. The number of hydrogen-bond donors (Lipinski definition) is 2. The van der Waals surface area contributed by atoms with Crippen LogP contribution in [0.3, 0.4) is 0 Å². The van der Waals surface area contributed by atoms with Crippen LogP contribution in [0.1, 0.15) is 30.6 Å². The summed E-state index contributed by atoms with van der Waals surface area (Å²) in [5, 5.41) is 22.3. The summed E-state index contributed by atoms with van der Waals surface area (Å²) in [6, 6.07) is 1.58. The molecule has 0 saturated carbocycles. The van der Waals surface area contributed by atoms with E-state index in [0.29, 0.717) is 12.6 Å². The van der Waals surface area contributed by atoms with Crippen molar-refractivity contribution < 1.29 is 19.2 Å². The van der Waals surface area contributed by atoms with Crippen LogP contribution in [-0.4, -0.2) is 22.5 Å². The number of hydrogen-bond acceptors (Lipinski definition) is 4. The Morgan fingerprint density at radius 2 is 2.21 bits per heavy atom. The minimum absolute atomic E-state index is 0.0386. The van der Waals surface area contributed by atoms with Crippen LogP contribution in [0.15, 0.2) is 12.1 Å². The summed E-state index contributed by atoms with van der Waals surface area (Å²) in [4.78, 5) is 20.7. The number of aromatic carboxylic acids is 1. The highest BCUT2D eigenvalue weighted by Crippen LogP contribution is 2.26. The van der Waals surface area contributed by atoms with Gasteiger partial charge in [0.05, 0.1) is 16.7 Å². The SMILES string of the molecule is CCC(C)CNc1cc(C(=O)O)c([N+](=O)[O-])cc1F. The van der Waals surface area contributed by atoms with Gasteiger partial charge in [0.15, 0.2) is 5.82 Å². The summed E-state index contributed by atoms with van der Waals surface area (Å²) in [6.45, 7) is 4.39. The van der Waals surface area contributed by atoms with Crippen molar-refractivity contribution in [2.75, 3.05) is 11.9 Å². The van der Waals surface area contributed by atoms with Crippen LogP contribution in [0.2, 0.25) is 0 Å². The quantitative estimate of drug-likeness (QED) is 0.612. The van der Waals surface area contributed by atoms with Crippen molar-refractivity contribution >= 4 is 17.3 Å². The smallest absolute Gasteiger partial charge is 0.342 e. The standard InChI is InChI=1S/C12H15FN2O4/c1-3-7(2)6-14-10-4-8(12(16)17)11(15(18)19)5-9(10)13/h4-5,7,14H,3,6H2,1-2H3,(H,16,17). The zero-order valence-corrected chi connectivity index (χ0v) is 10.6. The second kappa shape index (κ2) is 6.12. The maximum absolute atomic E-state index is 13.6. The van der Waals surface area contributed by atoms with Crippen molar-refractivity contribution in [3.05, 3.63) is 33.6 Å². The summed E-state index contributed by atoms with van der Waals surface area (Å²) in [5.74, 6) is -2.01. The van der Waals surface area contributed by atoms with Crippen LogP contribution in [0.5, 0.6) is 0 Å². The van der Waals surface area contributed by atoms with Crippen molar-refractivity contribution in [3.63, 3.8) is 0 Å². The van der Waals surface area contributed by atoms with Gasteiger partial charge < -0.3 is 10.4 Å². The number of halogens is 1. The Bertz CT molecular complexity index is 505. The maximum Gasteiger partial charge on any atom is 0.342 e. The predicted octanol–water partition coefficient (Wildman–Crippen LogP) is 2.89. The first-order valence-electron chi connectivity index (χ1n) is 5.81. The van der Waals surface area contributed by atoms with Crippen LogP contribution in [0, 0.1) is 21.8 Å². The first-order chi connectivity index (χ1) is 8.86. The van der Waals surface area contributed by atoms with Gasteiger partial charge in [-0.1, -0.05) is 20.3 Å². The molecule has 0 saturated heterocycles. The van der Waals surface area contributed by atoms with E-state index < -0.39 is 28.0 Å². The molecule has 0 aliphatic heterocycles. The molecular formula is C12H15FN2O4. The van der Waals surface area contributed by atoms with Crippen LogP contribution in [-0.2, 0) is 0 Å². The van der Waals surface area contributed by atoms with Gasteiger partial charge in [-0.05, 0) is 12.0 Å². The lowest BCUT2D eigenvalue weighted by Crippen LogP contribution is -2.13. The summed E-state index contributed by atoms with van der Waals surface area (Å²) in [6.07, 6.45) is 0.882. The largest absolute Gasteiger partial charge is 0.477 e.